The van der Waals surface area contributed by atoms with Crippen LogP contribution in [0.2, 0.25) is 0 Å². The average molecular weight is 307 g/mol. The topological polar surface area (TPSA) is 21.3 Å². The van der Waals surface area contributed by atoms with Crippen LogP contribution in [-0.4, -0.2) is 6.36 Å². The first-order valence-corrected chi connectivity index (χ1v) is 7.04. The fourth-order valence-corrected chi connectivity index (χ4v) is 2.74. The zero-order valence-corrected chi connectivity index (χ0v) is 12.3. The summed E-state index contributed by atoms with van der Waals surface area (Å²) >= 11 is 0. The number of alkyl halides is 3. The van der Waals surface area contributed by atoms with Gasteiger partial charge in [0.1, 0.15) is 5.75 Å². The van der Waals surface area contributed by atoms with Crippen molar-refractivity contribution in [3.05, 3.63) is 58.7 Å². The lowest BCUT2D eigenvalue weighted by molar-refractivity contribution is -0.274. The number of benzene rings is 2. The van der Waals surface area contributed by atoms with Crippen molar-refractivity contribution < 1.29 is 17.9 Å². The molecule has 1 atom stereocenters. The maximum absolute atomic E-state index is 12.2. The van der Waals surface area contributed by atoms with Crippen LogP contribution in [0.15, 0.2) is 36.4 Å². The molecule has 0 saturated carbocycles. The molecule has 22 heavy (non-hydrogen) atoms. The van der Waals surface area contributed by atoms with Gasteiger partial charge in [0.15, 0.2) is 0 Å². The number of halogens is 3. The van der Waals surface area contributed by atoms with E-state index in [2.05, 4.69) is 36.0 Å². The zero-order valence-electron chi connectivity index (χ0n) is 12.3. The quantitative estimate of drug-likeness (QED) is 0.851. The number of hydrogen-bond acceptors (Lipinski definition) is 2. The zero-order chi connectivity index (χ0) is 15.9. The first kappa shape index (κ1) is 14.8. The van der Waals surface area contributed by atoms with Gasteiger partial charge in [-0.2, -0.15) is 0 Å². The molecule has 0 spiro atoms. The van der Waals surface area contributed by atoms with Gasteiger partial charge in [0.05, 0.1) is 6.04 Å². The van der Waals surface area contributed by atoms with Crippen molar-refractivity contribution in [2.45, 2.75) is 32.7 Å². The highest BCUT2D eigenvalue weighted by molar-refractivity contribution is 5.61. The first-order chi connectivity index (χ1) is 10.3. The van der Waals surface area contributed by atoms with Crippen LogP contribution in [0.5, 0.6) is 5.75 Å². The summed E-state index contributed by atoms with van der Waals surface area (Å²) in [6, 6.07) is 10.4. The highest BCUT2D eigenvalue weighted by Gasteiger charge is 2.31. The number of nitrogens with one attached hydrogen (secondary N) is 1. The van der Waals surface area contributed by atoms with Crippen molar-refractivity contribution in [2.24, 2.45) is 0 Å². The third-order valence-corrected chi connectivity index (χ3v) is 3.99. The smallest absolute Gasteiger partial charge is 0.406 e. The molecule has 0 saturated heterocycles. The van der Waals surface area contributed by atoms with Gasteiger partial charge in [-0.1, -0.05) is 18.2 Å². The standard InChI is InChI=1S/C17H16F3NO/c1-10-7-13-9-16(21-15(13)8-11(10)2)12-3-5-14(6-4-12)22-17(18,19)20/h3-8,16,21H,9H2,1-2H3. The first-order valence-electron chi connectivity index (χ1n) is 7.04. The van der Waals surface area contributed by atoms with E-state index in [4.69, 9.17) is 0 Å². The summed E-state index contributed by atoms with van der Waals surface area (Å²) in [5.41, 5.74) is 5.75. The number of aryl methyl sites for hydroxylation is 2. The van der Waals surface area contributed by atoms with Crippen LogP contribution < -0.4 is 10.1 Å². The molecule has 1 unspecified atom stereocenters. The van der Waals surface area contributed by atoms with Crippen LogP contribution in [0.1, 0.15) is 28.3 Å². The van der Waals surface area contributed by atoms with E-state index in [9.17, 15) is 13.2 Å². The summed E-state index contributed by atoms with van der Waals surface area (Å²) in [5, 5.41) is 3.42. The summed E-state index contributed by atoms with van der Waals surface area (Å²) in [4.78, 5) is 0. The third kappa shape index (κ3) is 3.03. The minimum atomic E-state index is -4.65. The third-order valence-electron chi connectivity index (χ3n) is 3.99. The van der Waals surface area contributed by atoms with Crippen LogP contribution in [-0.2, 0) is 6.42 Å². The molecule has 1 heterocycles. The molecule has 0 amide bonds. The number of fused-ring (bicyclic) bond motifs is 1. The Morgan fingerprint density at radius 1 is 1.05 bits per heavy atom. The monoisotopic (exact) mass is 307 g/mol. The van der Waals surface area contributed by atoms with E-state index in [0.717, 1.165) is 17.7 Å². The second kappa shape index (κ2) is 5.23. The van der Waals surface area contributed by atoms with E-state index in [-0.39, 0.29) is 11.8 Å². The van der Waals surface area contributed by atoms with Gasteiger partial charge in [0, 0.05) is 5.69 Å². The van der Waals surface area contributed by atoms with E-state index >= 15 is 0 Å². The average Bonchev–Trinajstić information content (AvgIpc) is 2.81. The maximum atomic E-state index is 12.2. The lowest BCUT2D eigenvalue weighted by Crippen LogP contribution is -2.17. The summed E-state index contributed by atoms with van der Waals surface area (Å²) in [7, 11) is 0. The molecule has 116 valence electrons. The number of anilines is 1. The highest BCUT2D eigenvalue weighted by atomic mass is 19.4. The molecular weight excluding hydrogens is 291 g/mol. The van der Waals surface area contributed by atoms with Gasteiger partial charge in [-0.05, 0) is 60.7 Å². The Balaban J connectivity index is 1.77. The normalized spacial score (nSPS) is 17.0. The molecule has 0 aromatic heterocycles. The van der Waals surface area contributed by atoms with Crippen molar-refractivity contribution in [1.29, 1.82) is 0 Å². The van der Waals surface area contributed by atoms with Crippen LogP contribution in [0.25, 0.3) is 0 Å². The molecular formula is C17H16F3NO. The second-order valence-electron chi connectivity index (χ2n) is 5.61. The SMILES string of the molecule is Cc1cc2c(cc1C)NC(c1ccc(OC(F)(F)F)cc1)C2. The maximum Gasteiger partial charge on any atom is 0.573 e. The Hall–Kier alpha value is -2.17. The van der Waals surface area contributed by atoms with Gasteiger partial charge in [-0.3, -0.25) is 0 Å². The van der Waals surface area contributed by atoms with Gasteiger partial charge >= 0.3 is 6.36 Å². The van der Waals surface area contributed by atoms with Crippen LogP contribution in [0.3, 0.4) is 0 Å². The molecule has 5 heteroatoms. The van der Waals surface area contributed by atoms with Crippen molar-refractivity contribution in [3.63, 3.8) is 0 Å². The van der Waals surface area contributed by atoms with Crippen LogP contribution in [0.4, 0.5) is 18.9 Å². The fraction of sp³-hybridized carbons (Fsp3) is 0.294. The predicted molar refractivity (Wildman–Crippen MR) is 79.1 cm³/mol. The summed E-state index contributed by atoms with van der Waals surface area (Å²) in [6.45, 7) is 4.14. The van der Waals surface area contributed by atoms with Crippen LogP contribution in [0, 0.1) is 13.8 Å². The molecule has 0 aliphatic carbocycles. The van der Waals surface area contributed by atoms with Crippen molar-refractivity contribution >= 4 is 5.69 Å². The van der Waals surface area contributed by atoms with Gasteiger partial charge in [-0.25, -0.2) is 0 Å². The highest BCUT2D eigenvalue weighted by Crippen LogP contribution is 2.36. The lowest BCUT2D eigenvalue weighted by atomic mass is 10.0. The van der Waals surface area contributed by atoms with Crippen molar-refractivity contribution in [2.75, 3.05) is 5.32 Å². The Kier molecular flexibility index (Phi) is 3.51. The molecule has 2 aromatic carbocycles. The van der Waals surface area contributed by atoms with E-state index in [0.29, 0.717) is 0 Å². The Labute approximate surface area is 126 Å². The number of ether oxygens (including phenoxy) is 1. The van der Waals surface area contributed by atoms with E-state index in [1.54, 1.807) is 12.1 Å². The molecule has 0 bridgehead atoms. The lowest BCUT2D eigenvalue weighted by Gasteiger charge is -2.13. The second-order valence-corrected chi connectivity index (χ2v) is 5.61. The molecule has 3 rings (SSSR count). The molecule has 1 aliphatic heterocycles. The Bertz CT molecular complexity index is 661. The van der Waals surface area contributed by atoms with Gasteiger partial charge in [0.2, 0.25) is 0 Å². The molecule has 1 N–H and O–H groups in total. The minimum absolute atomic E-state index is 0.0798. The number of rotatable bonds is 2. The molecule has 1 aliphatic rings. The van der Waals surface area contributed by atoms with Crippen molar-refractivity contribution in [3.8, 4) is 5.75 Å². The molecule has 2 aromatic rings. The minimum Gasteiger partial charge on any atom is -0.406 e. The Morgan fingerprint density at radius 2 is 1.68 bits per heavy atom. The van der Waals surface area contributed by atoms with E-state index < -0.39 is 6.36 Å². The molecule has 0 fully saturated rings. The number of hydrogen-bond donors (Lipinski definition) is 1. The van der Waals surface area contributed by atoms with Crippen LogP contribution >= 0.6 is 0 Å². The summed E-state index contributed by atoms with van der Waals surface area (Å²) in [5.74, 6) is -0.196. The van der Waals surface area contributed by atoms with Gasteiger partial charge < -0.3 is 10.1 Å². The van der Waals surface area contributed by atoms with E-state index in [1.807, 2.05) is 0 Å². The predicted octanol–water partition coefficient (Wildman–Crippen LogP) is 4.91. The van der Waals surface area contributed by atoms with Crippen molar-refractivity contribution in [1.82, 2.24) is 0 Å². The molecule has 0 radical (unpaired) electrons. The van der Waals surface area contributed by atoms with E-state index in [1.165, 1.54) is 28.8 Å². The fourth-order valence-electron chi connectivity index (χ4n) is 2.74. The van der Waals surface area contributed by atoms with Gasteiger partial charge in [0.25, 0.3) is 0 Å². The summed E-state index contributed by atoms with van der Waals surface area (Å²) < 4.78 is 40.4. The summed E-state index contributed by atoms with van der Waals surface area (Å²) in [6.07, 6.45) is -3.83. The largest absolute Gasteiger partial charge is 0.573 e. The Morgan fingerprint density at radius 3 is 2.32 bits per heavy atom. The molecule has 2 nitrogen and oxygen atoms in total. The van der Waals surface area contributed by atoms with Gasteiger partial charge in [-0.15, -0.1) is 13.2 Å².